The Hall–Kier alpha value is -1.44. The topological polar surface area (TPSA) is 126 Å². The zero-order valence-corrected chi connectivity index (χ0v) is 20.6. The number of halogens is 1. The highest BCUT2D eigenvalue weighted by atomic mass is 127. The highest BCUT2D eigenvalue weighted by molar-refractivity contribution is 14.0. The molecule has 0 spiro atoms. The minimum Gasteiger partial charge on any atom is -0.378 e. The van der Waals surface area contributed by atoms with Crippen LogP contribution in [-0.2, 0) is 26.1 Å². The van der Waals surface area contributed by atoms with Crippen LogP contribution in [0.25, 0.3) is 0 Å². The number of carbonyl (C=O) groups excluding carboxylic acids is 1. The fraction of sp³-hybridized carbons (Fsp3) is 0.579. The lowest BCUT2D eigenvalue weighted by Gasteiger charge is -2.23. The van der Waals surface area contributed by atoms with E-state index in [0.717, 1.165) is 31.4 Å². The minimum atomic E-state index is -3.71. The molecule has 9 nitrogen and oxygen atoms in total. The number of sulfonamides is 1. The summed E-state index contributed by atoms with van der Waals surface area (Å²) in [5.74, 6) is 0.458. The molecule has 11 heteroatoms. The Morgan fingerprint density at radius 1 is 1.23 bits per heavy atom. The van der Waals surface area contributed by atoms with Gasteiger partial charge in [-0.05, 0) is 43.4 Å². The van der Waals surface area contributed by atoms with Crippen LogP contribution >= 0.6 is 24.0 Å². The number of guanidine groups is 1. The van der Waals surface area contributed by atoms with Crippen LogP contribution in [0.2, 0.25) is 0 Å². The van der Waals surface area contributed by atoms with E-state index in [1.165, 1.54) is 23.5 Å². The maximum absolute atomic E-state index is 11.9. The van der Waals surface area contributed by atoms with Gasteiger partial charge < -0.3 is 20.3 Å². The van der Waals surface area contributed by atoms with Crippen molar-refractivity contribution in [3.63, 3.8) is 0 Å². The first-order valence-electron chi connectivity index (χ1n) is 9.71. The summed E-state index contributed by atoms with van der Waals surface area (Å²) in [6.45, 7) is 1.95. The van der Waals surface area contributed by atoms with Crippen LogP contribution in [0.15, 0.2) is 34.2 Å². The lowest BCUT2D eigenvalue weighted by Crippen LogP contribution is -2.43. The van der Waals surface area contributed by atoms with Crippen LogP contribution in [0.4, 0.5) is 0 Å². The summed E-state index contributed by atoms with van der Waals surface area (Å²) in [7, 11) is -0.322. The smallest absolute Gasteiger partial charge is 0.241 e. The van der Waals surface area contributed by atoms with E-state index < -0.39 is 10.0 Å². The Morgan fingerprint density at radius 2 is 1.93 bits per heavy atom. The van der Waals surface area contributed by atoms with Gasteiger partial charge in [-0.1, -0.05) is 12.1 Å². The van der Waals surface area contributed by atoms with Gasteiger partial charge in [0.05, 0.1) is 24.1 Å². The fourth-order valence-electron chi connectivity index (χ4n) is 2.83. The van der Waals surface area contributed by atoms with E-state index in [0.29, 0.717) is 19.0 Å². The molecule has 0 bridgehead atoms. The quantitative estimate of drug-likeness (QED) is 0.251. The number of primary sulfonamides is 1. The monoisotopic (exact) mass is 553 g/mol. The van der Waals surface area contributed by atoms with E-state index in [2.05, 4.69) is 15.6 Å². The second kappa shape index (κ2) is 13.1. The predicted octanol–water partition coefficient (Wildman–Crippen LogP) is 1.03. The van der Waals surface area contributed by atoms with Crippen molar-refractivity contribution in [3.8, 4) is 0 Å². The molecular weight excluding hydrogens is 521 g/mol. The summed E-state index contributed by atoms with van der Waals surface area (Å²) in [6, 6.07) is 6.25. The molecular formula is C19H32IN5O4S. The molecule has 1 unspecified atom stereocenters. The summed E-state index contributed by atoms with van der Waals surface area (Å²) < 4.78 is 28.4. The molecule has 0 aliphatic carbocycles. The Kier molecular flexibility index (Phi) is 11.6. The molecule has 1 aliphatic heterocycles. The number of carbonyl (C=O) groups is 1. The summed E-state index contributed by atoms with van der Waals surface area (Å²) in [6.07, 6.45) is 4.50. The number of hydrogen-bond acceptors (Lipinski definition) is 5. The lowest BCUT2D eigenvalue weighted by atomic mass is 10.1. The van der Waals surface area contributed by atoms with E-state index in [1.807, 2.05) is 0 Å². The molecule has 0 saturated carbocycles. The van der Waals surface area contributed by atoms with Gasteiger partial charge in [-0.3, -0.25) is 4.79 Å². The van der Waals surface area contributed by atoms with Gasteiger partial charge >= 0.3 is 0 Å². The summed E-state index contributed by atoms with van der Waals surface area (Å²) >= 11 is 0. The zero-order chi connectivity index (χ0) is 21.3. The van der Waals surface area contributed by atoms with Crippen molar-refractivity contribution < 1.29 is 17.9 Å². The number of ether oxygens (including phenoxy) is 1. The van der Waals surface area contributed by atoms with Gasteiger partial charge in [-0.25, -0.2) is 18.5 Å². The average Bonchev–Trinajstić information content (AvgIpc) is 2.69. The Labute approximate surface area is 195 Å². The van der Waals surface area contributed by atoms with Crippen molar-refractivity contribution in [2.45, 2.75) is 43.2 Å². The number of benzene rings is 1. The van der Waals surface area contributed by atoms with E-state index in [1.54, 1.807) is 26.2 Å². The number of rotatable bonds is 8. The SMILES string of the molecule is CN(C)C(=O)CNC(=NCc1ccc(S(N)(=O)=O)cc1)NCCC1CCCCO1.I. The van der Waals surface area contributed by atoms with Crippen LogP contribution in [0.1, 0.15) is 31.2 Å². The van der Waals surface area contributed by atoms with Gasteiger partial charge in [0.25, 0.3) is 0 Å². The van der Waals surface area contributed by atoms with Crippen LogP contribution in [0.5, 0.6) is 0 Å². The fourth-order valence-corrected chi connectivity index (χ4v) is 3.35. The molecule has 2 rings (SSSR count). The molecule has 170 valence electrons. The summed E-state index contributed by atoms with van der Waals surface area (Å²) in [5, 5.41) is 11.4. The number of nitrogens with one attached hydrogen (secondary N) is 2. The second-order valence-electron chi connectivity index (χ2n) is 7.20. The molecule has 1 heterocycles. The molecule has 0 aromatic heterocycles. The Morgan fingerprint density at radius 3 is 2.50 bits per heavy atom. The second-order valence-corrected chi connectivity index (χ2v) is 8.76. The molecule has 1 saturated heterocycles. The molecule has 1 aromatic rings. The summed E-state index contributed by atoms with van der Waals surface area (Å²) in [4.78, 5) is 17.9. The van der Waals surface area contributed by atoms with Crippen molar-refractivity contribution in [1.82, 2.24) is 15.5 Å². The van der Waals surface area contributed by atoms with Gasteiger partial charge in [0.2, 0.25) is 15.9 Å². The molecule has 4 N–H and O–H groups in total. The van der Waals surface area contributed by atoms with E-state index >= 15 is 0 Å². The number of amides is 1. The highest BCUT2D eigenvalue weighted by Gasteiger charge is 2.14. The molecule has 1 aromatic carbocycles. The van der Waals surface area contributed by atoms with E-state index in [9.17, 15) is 13.2 Å². The normalized spacial score (nSPS) is 17.0. The van der Waals surface area contributed by atoms with Gasteiger partial charge in [0, 0.05) is 27.2 Å². The van der Waals surface area contributed by atoms with Crippen molar-refractivity contribution >= 4 is 45.9 Å². The molecule has 0 radical (unpaired) electrons. The Balaban J connectivity index is 0.00000450. The number of hydrogen-bond donors (Lipinski definition) is 3. The maximum atomic E-state index is 11.9. The highest BCUT2D eigenvalue weighted by Crippen LogP contribution is 2.14. The third kappa shape index (κ3) is 9.58. The van der Waals surface area contributed by atoms with Gasteiger partial charge in [0.15, 0.2) is 5.96 Å². The third-order valence-electron chi connectivity index (χ3n) is 4.61. The molecule has 1 fully saturated rings. The molecule has 1 aliphatic rings. The maximum Gasteiger partial charge on any atom is 0.241 e. The van der Waals surface area contributed by atoms with Crippen molar-refractivity contribution in [2.75, 3.05) is 33.8 Å². The average molecular weight is 553 g/mol. The van der Waals surface area contributed by atoms with Gasteiger partial charge in [-0.2, -0.15) is 0 Å². The first-order valence-corrected chi connectivity index (χ1v) is 11.3. The predicted molar refractivity (Wildman–Crippen MR) is 127 cm³/mol. The number of aliphatic imine (C=N–C) groups is 1. The third-order valence-corrected chi connectivity index (χ3v) is 5.54. The largest absolute Gasteiger partial charge is 0.378 e. The first kappa shape index (κ1) is 26.6. The minimum absolute atomic E-state index is 0. The number of nitrogens with two attached hydrogens (primary N) is 1. The molecule has 1 atom stereocenters. The number of likely N-dealkylation sites (N-methyl/N-ethyl adjacent to an activating group) is 1. The Bertz CT molecular complexity index is 794. The van der Waals surface area contributed by atoms with Gasteiger partial charge in [0.1, 0.15) is 0 Å². The van der Waals surface area contributed by atoms with Crippen molar-refractivity contribution in [2.24, 2.45) is 10.1 Å². The molecule has 30 heavy (non-hydrogen) atoms. The van der Waals surface area contributed by atoms with Crippen LogP contribution in [0.3, 0.4) is 0 Å². The van der Waals surface area contributed by atoms with Crippen LogP contribution in [0, 0.1) is 0 Å². The molecule has 1 amide bonds. The van der Waals surface area contributed by atoms with E-state index in [-0.39, 0.29) is 47.4 Å². The van der Waals surface area contributed by atoms with E-state index in [4.69, 9.17) is 9.88 Å². The van der Waals surface area contributed by atoms with Crippen molar-refractivity contribution in [3.05, 3.63) is 29.8 Å². The van der Waals surface area contributed by atoms with Crippen LogP contribution < -0.4 is 15.8 Å². The first-order chi connectivity index (χ1) is 13.8. The standard InChI is InChI=1S/C19H31N5O4S.HI/c1-24(2)18(25)14-23-19(21-11-10-16-5-3-4-12-28-16)22-13-15-6-8-17(9-7-15)29(20,26)27;/h6-9,16H,3-5,10-14H2,1-2H3,(H2,20,26,27)(H2,21,22,23);1H. The lowest BCUT2D eigenvalue weighted by molar-refractivity contribution is -0.127. The van der Waals surface area contributed by atoms with Crippen LogP contribution in [-0.4, -0.2) is 65.1 Å². The number of nitrogens with zero attached hydrogens (tertiary/aromatic N) is 2. The summed E-state index contributed by atoms with van der Waals surface area (Å²) in [5.41, 5.74) is 0.827. The zero-order valence-electron chi connectivity index (χ0n) is 17.5. The van der Waals surface area contributed by atoms with Gasteiger partial charge in [-0.15, -0.1) is 24.0 Å². The van der Waals surface area contributed by atoms with Crippen molar-refractivity contribution in [1.29, 1.82) is 0 Å².